The Morgan fingerprint density at radius 1 is 1.23 bits per heavy atom. The summed E-state index contributed by atoms with van der Waals surface area (Å²) < 4.78 is 21.3. The highest BCUT2D eigenvalue weighted by molar-refractivity contribution is 5.85. The van der Waals surface area contributed by atoms with Crippen LogP contribution in [0.3, 0.4) is 0 Å². The molecule has 1 atom stereocenters. The Hall–Kier alpha value is -1.95. The second kappa shape index (κ2) is 9.15. The molecule has 1 amide bonds. The second-order valence-electron chi connectivity index (χ2n) is 4.76. The lowest BCUT2D eigenvalue weighted by Crippen LogP contribution is -2.21. The molecule has 0 aliphatic rings. The van der Waals surface area contributed by atoms with Crippen molar-refractivity contribution in [1.29, 1.82) is 0 Å². The minimum Gasteiger partial charge on any atom is -0.490 e. The van der Waals surface area contributed by atoms with Gasteiger partial charge in [-0.1, -0.05) is 0 Å². The van der Waals surface area contributed by atoms with Gasteiger partial charge >= 0.3 is 6.09 Å². The molecule has 0 saturated heterocycles. The number of anilines is 1. The summed E-state index contributed by atoms with van der Waals surface area (Å²) in [6.45, 7) is 8.78. The Labute approximate surface area is 131 Å². The zero-order valence-electron chi connectivity index (χ0n) is 13.9. The molecule has 0 saturated carbocycles. The van der Waals surface area contributed by atoms with Crippen molar-refractivity contribution in [3.05, 3.63) is 17.7 Å². The van der Waals surface area contributed by atoms with Gasteiger partial charge in [-0.3, -0.25) is 5.32 Å². The third-order valence-electron chi connectivity index (χ3n) is 2.93. The van der Waals surface area contributed by atoms with Crippen LogP contribution in [-0.4, -0.2) is 39.1 Å². The van der Waals surface area contributed by atoms with Gasteiger partial charge in [0.05, 0.1) is 19.3 Å². The lowest BCUT2D eigenvalue weighted by atomic mass is 10.2. The fourth-order valence-corrected chi connectivity index (χ4v) is 1.82. The summed E-state index contributed by atoms with van der Waals surface area (Å²) in [4.78, 5) is 11.8. The Morgan fingerprint density at radius 3 is 2.50 bits per heavy atom. The van der Waals surface area contributed by atoms with E-state index in [1.807, 2.05) is 33.8 Å². The highest BCUT2D eigenvalue weighted by Crippen LogP contribution is 2.34. The average molecular weight is 311 g/mol. The van der Waals surface area contributed by atoms with E-state index in [-0.39, 0.29) is 12.7 Å². The van der Waals surface area contributed by atoms with Crippen molar-refractivity contribution in [2.45, 2.75) is 33.8 Å². The number of ether oxygens (including phenoxy) is 4. The van der Waals surface area contributed by atoms with Crippen LogP contribution in [0.4, 0.5) is 10.5 Å². The number of hydrogen-bond acceptors (Lipinski definition) is 5. The van der Waals surface area contributed by atoms with E-state index in [4.69, 9.17) is 18.9 Å². The van der Waals surface area contributed by atoms with E-state index in [0.29, 0.717) is 30.4 Å². The molecule has 0 bridgehead atoms. The Bertz CT molecular complexity index is 490. The fraction of sp³-hybridized carbons (Fsp3) is 0.562. The molecule has 1 rings (SSSR count). The number of nitrogens with one attached hydrogen (secondary N) is 1. The van der Waals surface area contributed by atoms with Gasteiger partial charge < -0.3 is 18.9 Å². The number of rotatable bonds is 8. The summed E-state index contributed by atoms with van der Waals surface area (Å²) in [5, 5.41) is 2.68. The van der Waals surface area contributed by atoms with Crippen molar-refractivity contribution in [3.8, 4) is 11.5 Å². The molecule has 6 heteroatoms. The van der Waals surface area contributed by atoms with Gasteiger partial charge in [0.2, 0.25) is 0 Å². The first kappa shape index (κ1) is 18.1. The quantitative estimate of drug-likeness (QED) is 0.797. The number of carbonyl (C=O) groups is 1. The molecule has 1 aromatic rings. The predicted molar refractivity (Wildman–Crippen MR) is 85.0 cm³/mol. The van der Waals surface area contributed by atoms with Gasteiger partial charge in [0.1, 0.15) is 6.61 Å². The molecule has 22 heavy (non-hydrogen) atoms. The van der Waals surface area contributed by atoms with Gasteiger partial charge in [0.25, 0.3) is 0 Å². The van der Waals surface area contributed by atoms with Gasteiger partial charge in [0.15, 0.2) is 11.5 Å². The average Bonchev–Trinajstić information content (AvgIpc) is 2.48. The molecule has 0 spiro atoms. The molecule has 0 aliphatic carbocycles. The third-order valence-corrected chi connectivity index (χ3v) is 2.93. The van der Waals surface area contributed by atoms with E-state index in [9.17, 15) is 4.79 Å². The van der Waals surface area contributed by atoms with Gasteiger partial charge in [0, 0.05) is 18.9 Å². The molecule has 1 N–H and O–H groups in total. The van der Waals surface area contributed by atoms with E-state index >= 15 is 0 Å². The Morgan fingerprint density at radius 2 is 1.91 bits per heavy atom. The van der Waals surface area contributed by atoms with Crippen LogP contribution in [0.2, 0.25) is 0 Å². The maximum absolute atomic E-state index is 11.8. The molecule has 0 radical (unpaired) electrons. The number of aryl methyl sites for hydroxylation is 1. The van der Waals surface area contributed by atoms with Crippen molar-refractivity contribution in [3.63, 3.8) is 0 Å². The molecular weight excluding hydrogens is 286 g/mol. The molecule has 0 aliphatic heterocycles. The summed E-state index contributed by atoms with van der Waals surface area (Å²) in [5.41, 5.74) is 1.48. The Kier molecular flexibility index (Phi) is 7.52. The lowest BCUT2D eigenvalue weighted by Gasteiger charge is -2.16. The minimum atomic E-state index is -0.532. The van der Waals surface area contributed by atoms with E-state index < -0.39 is 6.09 Å². The van der Waals surface area contributed by atoms with Crippen LogP contribution in [0.1, 0.15) is 26.3 Å². The smallest absolute Gasteiger partial charge is 0.411 e. The van der Waals surface area contributed by atoms with Crippen molar-refractivity contribution in [1.82, 2.24) is 0 Å². The number of benzene rings is 1. The molecule has 1 unspecified atom stereocenters. The summed E-state index contributed by atoms with van der Waals surface area (Å²) in [7, 11) is 1.57. The van der Waals surface area contributed by atoms with E-state index in [1.54, 1.807) is 13.2 Å². The van der Waals surface area contributed by atoms with Crippen LogP contribution in [0.15, 0.2) is 12.1 Å². The summed E-state index contributed by atoms with van der Waals surface area (Å²) in [5.74, 6) is 1.29. The third kappa shape index (κ3) is 5.44. The van der Waals surface area contributed by atoms with Crippen molar-refractivity contribution in [2.75, 3.05) is 32.2 Å². The van der Waals surface area contributed by atoms with E-state index in [0.717, 1.165) is 5.56 Å². The van der Waals surface area contributed by atoms with Crippen LogP contribution in [-0.2, 0) is 9.47 Å². The van der Waals surface area contributed by atoms with E-state index in [1.165, 1.54) is 0 Å². The van der Waals surface area contributed by atoms with Gasteiger partial charge in [-0.2, -0.15) is 0 Å². The molecule has 0 heterocycles. The molecule has 1 aromatic carbocycles. The largest absolute Gasteiger partial charge is 0.490 e. The topological polar surface area (TPSA) is 66.0 Å². The number of amides is 1. The standard InChI is InChI=1S/C16H25NO5/c1-6-20-14-9-13(8-11(3)15(14)21-7-2)17-16(18)22-10-12(4)19-5/h8-9,12H,6-7,10H2,1-5H3,(H,17,18). The molecule has 0 fully saturated rings. The highest BCUT2D eigenvalue weighted by atomic mass is 16.6. The monoisotopic (exact) mass is 311 g/mol. The van der Waals surface area contributed by atoms with Crippen molar-refractivity contribution >= 4 is 11.8 Å². The maximum atomic E-state index is 11.8. The fourth-order valence-electron chi connectivity index (χ4n) is 1.82. The predicted octanol–water partition coefficient (Wildman–Crippen LogP) is 3.38. The summed E-state index contributed by atoms with van der Waals surface area (Å²) >= 11 is 0. The van der Waals surface area contributed by atoms with Crippen LogP contribution in [0.25, 0.3) is 0 Å². The maximum Gasteiger partial charge on any atom is 0.411 e. The minimum absolute atomic E-state index is 0.146. The van der Waals surface area contributed by atoms with Gasteiger partial charge in [-0.05, 0) is 39.3 Å². The molecular formula is C16H25NO5. The number of methoxy groups -OCH3 is 1. The number of carbonyl (C=O) groups excluding carboxylic acids is 1. The van der Waals surface area contributed by atoms with Crippen LogP contribution in [0.5, 0.6) is 11.5 Å². The van der Waals surface area contributed by atoms with Crippen LogP contribution in [0, 0.1) is 6.92 Å². The SMILES string of the molecule is CCOc1cc(NC(=O)OCC(C)OC)cc(C)c1OCC. The first-order valence-corrected chi connectivity index (χ1v) is 7.38. The molecule has 0 aromatic heterocycles. The molecule has 6 nitrogen and oxygen atoms in total. The van der Waals surface area contributed by atoms with Crippen LogP contribution < -0.4 is 14.8 Å². The highest BCUT2D eigenvalue weighted by Gasteiger charge is 2.13. The van der Waals surface area contributed by atoms with Gasteiger partial charge in [-0.15, -0.1) is 0 Å². The van der Waals surface area contributed by atoms with Crippen molar-refractivity contribution < 1.29 is 23.7 Å². The number of hydrogen-bond donors (Lipinski definition) is 1. The summed E-state index contributed by atoms with van der Waals surface area (Å²) in [6.07, 6.45) is -0.679. The summed E-state index contributed by atoms with van der Waals surface area (Å²) in [6, 6.07) is 3.54. The normalized spacial score (nSPS) is 11.7. The second-order valence-corrected chi connectivity index (χ2v) is 4.76. The Balaban J connectivity index is 2.80. The zero-order valence-corrected chi connectivity index (χ0v) is 13.9. The first-order chi connectivity index (χ1) is 10.5. The first-order valence-electron chi connectivity index (χ1n) is 7.38. The van der Waals surface area contributed by atoms with Gasteiger partial charge in [-0.25, -0.2) is 4.79 Å². The zero-order chi connectivity index (χ0) is 16.5. The molecule has 124 valence electrons. The van der Waals surface area contributed by atoms with Crippen molar-refractivity contribution in [2.24, 2.45) is 0 Å². The van der Waals surface area contributed by atoms with Crippen LogP contribution >= 0.6 is 0 Å². The van der Waals surface area contributed by atoms with E-state index in [2.05, 4.69) is 5.32 Å². The lowest BCUT2D eigenvalue weighted by molar-refractivity contribution is 0.0508.